The molecule has 0 aliphatic carbocycles. The molecule has 3 rings (SSSR count). The number of amides is 1. The third-order valence-corrected chi connectivity index (χ3v) is 4.88. The van der Waals surface area contributed by atoms with Crippen molar-refractivity contribution in [3.05, 3.63) is 71.3 Å². The number of cyclic esters (lactones) is 1. The molecule has 0 bridgehead atoms. The van der Waals surface area contributed by atoms with E-state index in [4.69, 9.17) is 4.74 Å². The fourth-order valence-electron chi connectivity index (χ4n) is 3.30. The van der Waals surface area contributed by atoms with Gasteiger partial charge in [0.2, 0.25) is 0 Å². The Balaban J connectivity index is 1.83. The van der Waals surface area contributed by atoms with Crippen LogP contribution in [0.4, 0.5) is 13.6 Å². The molecule has 2 aromatic carbocycles. The van der Waals surface area contributed by atoms with E-state index in [-0.39, 0.29) is 18.3 Å². The van der Waals surface area contributed by atoms with Crippen LogP contribution in [0.1, 0.15) is 36.9 Å². The summed E-state index contributed by atoms with van der Waals surface area (Å²) < 4.78 is 32.0. The van der Waals surface area contributed by atoms with Crippen molar-refractivity contribution in [2.24, 2.45) is 0 Å². The van der Waals surface area contributed by atoms with Gasteiger partial charge in [-0.2, -0.15) is 0 Å². The highest BCUT2D eigenvalue weighted by atomic mass is 19.1. The summed E-state index contributed by atoms with van der Waals surface area (Å²) in [5.41, 5.74) is 0.285. The molecule has 26 heavy (non-hydrogen) atoms. The third-order valence-electron chi connectivity index (χ3n) is 4.88. The van der Waals surface area contributed by atoms with Crippen molar-refractivity contribution < 1.29 is 23.1 Å². The van der Waals surface area contributed by atoms with Crippen LogP contribution in [-0.2, 0) is 15.1 Å². The van der Waals surface area contributed by atoms with Crippen LogP contribution >= 0.6 is 0 Å². The van der Waals surface area contributed by atoms with Crippen molar-refractivity contribution >= 4 is 12.4 Å². The Kier molecular flexibility index (Phi) is 5.02. The van der Waals surface area contributed by atoms with E-state index in [0.717, 1.165) is 5.56 Å². The van der Waals surface area contributed by atoms with Crippen molar-refractivity contribution in [3.8, 4) is 0 Å². The largest absolute Gasteiger partial charge is 0.437 e. The maximum absolute atomic E-state index is 13.2. The Morgan fingerprint density at radius 2 is 1.69 bits per heavy atom. The molecule has 0 N–H and O–H groups in total. The zero-order chi connectivity index (χ0) is 18.7. The monoisotopic (exact) mass is 359 g/mol. The average molecular weight is 359 g/mol. The van der Waals surface area contributed by atoms with Gasteiger partial charge >= 0.3 is 6.09 Å². The molecule has 1 aliphatic heterocycles. The standard InChI is InChI=1S/C20H19F2NO3/c1-14(15-2-6-17(21)7-3-15)23-12-10-20(11-13-24,26-19(23)25)16-4-8-18(22)9-5-16/h2-9,13-14H,10-12H2,1H3/t14-,20-/m0/s1. The van der Waals surface area contributed by atoms with Gasteiger partial charge in [0.05, 0.1) is 6.04 Å². The number of carbonyl (C=O) groups is 2. The zero-order valence-electron chi connectivity index (χ0n) is 14.3. The van der Waals surface area contributed by atoms with Gasteiger partial charge in [-0.05, 0) is 42.3 Å². The second-order valence-corrected chi connectivity index (χ2v) is 6.41. The molecule has 2 aromatic rings. The Bertz CT molecular complexity index is 792. The predicted octanol–water partition coefficient (Wildman–Crippen LogP) is 4.35. The van der Waals surface area contributed by atoms with Gasteiger partial charge in [-0.15, -0.1) is 0 Å². The summed E-state index contributed by atoms with van der Waals surface area (Å²) in [5, 5.41) is 0. The van der Waals surface area contributed by atoms with Gasteiger partial charge < -0.3 is 14.4 Å². The van der Waals surface area contributed by atoms with E-state index in [2.05, 4.69) is 0 Å². The van der Waals surface area contributed by atoms with Gasteiger partial charge in [-0.1, -0.05) is 24.3 Å². The third kappa shape index (κ3) is 3.45. The topological polar surface area (TPSA) is 46.6 Å². The summed E-state index contributed by atoms with van der Waals surface area (Å²) in [6, 6.07) is 11.3. The van der Waals surface area contributed by atoms with Crippen LogP contribution in [0.25, 0.3) is 0 Å². The number of hydrogen-bond acceptors (Lipinski definition) is 3. The normalized spacial score (nSPS) is 21.2. The lowest BCUT2D eigenvalue weighted by atomic mass is 9.86. The number of ether oxygens (including phenoxy) is 1. The van der Waals surface area contributed by atoms with Crippen LogP contribution in [0.15, 0.2) is 48.5 Å². The predicted molar refractivity (Wildman–Crippen MR) is 91.4 cm³/mol. The molecule has 1 fully saturated rings. The van der Waals surface area contributed by atoms with E-state index in [9.17, 15) is 18.4 Å². The Labute approximate surface area is 150 Å². The van der Waals surface area contributed by atoms with E-state index in [1.54, 1.807) is 17.0 Å². The summed E-state index contributed by atoms with van der Waals surface area (Å²) in [6.07, 6.45) is 0.548. The molecule has 1 aliphatic rings. The van der Waals surface area contributed by atoms with Gasteiger partial charge in [0.15, 0.2) is 0 Å². The number of aldehydes is 1. The van der Waals surface area contributed by atoms with E-state index >= 15 is 0 Å². The molecule has 1 saturated heterocycles. The highest BCUT2D eigenvalue weighted by Crippen LogP contribution is 2.39. The van der Waals surface area contributed by atoms with Crippen molar-refractivity contribution in [3.63, 3.8) is 0 Å². The first-order valence-corrected chi connectivity index (χ1v) is 8.40. The van der Waals surface area contributed by atoms with Gasteiger partial charge in [0.25, 0.3) is 0 Å². The number of rotatable bonds is 5. The van der Waals surface area contributed by atoms with Gasteiger partial charge in [-0.25, -0.2) is 13.6 Å². The lowest BCUT2D eigenvalue weighted by Crippen LogP contribution is -2.49. The fraction of sp³-hybridized carbons (Fsp3) is 0.300. The molecule has 4 nitrogen and oxygen atoms in total. The molecular weight excluding hydrogens is 340 g/mol. The van der Waals surface area contributed by atoms with Gasteiger partial charge in [-0.3, -0.25) is 0 Å². The average Bonchev–Trinajstić information content (AvgIpc) is 2.63. The second-order valence-electron chi connectivity index (χ2n) is 6.41. The smallest absolute Gasteiger partial charge is 0.411 e. The molecule has 0 spiro atoms. The molecule has 0 unspecified atom stereocenters. The maximum atomic E-state index is 13.2. The van der Waals surface area contributed by atoms with E-state index in [0.29, 0.717) is 24.8 Å². The number of benzene rings is 2. The molecular formula is C20H19F2NO3. The molecule has 1 amide bonds. The molecule has 0 aromatic heterocycles. The summed E-state index contributed by atoms with van der Waals surface area (Å²) in [4.78, 5) is 25.4. The summed E-state index contributed by atoms with van der Waals surface area (Å²) in [6.45, 7) is 2.20. The highest BCUT2D eigenvalue weighted by molar-refractivity contribution is 5.71. The summed E-state index contributed by atoms with van der Waals surface area (Å²) >= 11 is 0. The summed E-state index contributed by atoms with van der Waals surface area (Å²) in [5.74, 6) is -0.743. The zero-order valence-corrected chi connectivity index (χ0v) is 14.3. The van der Waals surface area contributed by atoms with Crippen LogP contribution in [-0.4, -0.2) is 23.8 Å². The van der Waals surface area contributed by atoms with Crippen LogP contribution in [0, 0.1) is 11.6 Å². The second kappa shape index (κ2) is 7.23. The first kappa shape index (κ1) is 18.0. The quantitative estimate of drug-likeness (QED) is 0.746. The van der Waals surface area contributed by atoms with Crippen molar-refractivity contribution in [1.29, 1.82) is 0 Å². The lowest BCUT2D eigenvalue weighted by Gasteiger charge is -2.42. The Hall–Kier alpha value is -2.76. The minimum Gasteiger partial charge on any atom is -0.437 e. The minimum absolute atomic E-state index is 0.00312. The molecule has 0 radical (unpaired) electrons. The number of nitrogens with zero attached hydrogens (tertiary/aromatic N) is 1. The minimum atomic E-state index is -1.09. The molecule has 2 atom stereocenters. The van der Waals surface area contributed by atoms with E-state index < -0.39 is 17.5 Å². The van der Waals surface area contributed by atoms with E-state index in [1.807, 2.05) is 6.92 Å². The van der Waals surface area contributed by atoms with Crippen LogP contribution < -0.4 is 0 Å². The van der Waals surface area contributed by atoms with Crippen LogP contribution in [0.5, 0.6) is 0 Å². The Morgan fingerprint density at radius 3 is 2.23 bits per heavy atom. The highest BCUT2D eigenvalue weighted by Gasteiger charge is 2.43. The van der Waals surface area contributed by atoms with Gasteiger partial charge in [0.1, 0.15) is 23.5 Å². The number of halogens is 2. The lowest BCUT2D eigenvalue weighted by molar-refractivity contribution is -0.117. The molecule has 1 heterocycles. The number of carbonyl (C=O) groups excluding carboxylic acids is 2. The fourth-order valence-corrected chi connectivity index (χ4v) is 3.30. The van der Waals surface area contributed by atoms with Crippen molar-refractivity contribution in [2.45, 2.75) is 31.4 Å². The van der Waals surface area contributed by atoms with Gasteiger partial charge in [0, 0.05) is 19.4 Å². The van der Waals surface area contributed by atoms with Crippen LogP contribution in [0.3, 0.4) is 0 Å². The van der Waals surface area contributed by atoms with Crippen molar-refractivity contribution in [2.75, 3.05) is 6.54 Å². The number of hydrogen-bond donors (Lipinski definition) is 0. The first-order chi connectivity index (χ1) is 12.4. The van der Waals surface area contributed by atoms with E-state index in [1.165, 1.54) is 36.4 Å². The molecule has 6 heteroatoms. The SMILES string of the molecule is C[C@@H](c1ccc(F)cc1)N1CC[C@](CC=O)(c2ccc(F)cc2)OC1=O. The van der Waals surface area contributed by atoms with Crippen molar-refractivity contribution in [1.82, 2.24) is 4.90 Å². The summed E-state index contributed by atoms with van der Waals surface area (Å²) in [7, 11) is 0. The maximum Gasteiger partial charge on any atom is 0.411 e. The Morgan fingerprint density at radius 1 is 1.12 bits per heavy atom. The molecule has 0 saturated carbocycles. The van der Waals surface area contributed by atoms with Crippen LogP contribution in [0.2, 0.25) is 0 Å². The first-order valence-electron chi connectivity index (χ1n) is 8.40. The molecule has 136 valence electrons.